The van der Waals surface area contributed by atoms with E-state index in [0.717, 1.165) is 38.5 Å². The second kappa shape index (κ2) is 12.9. The summed E-state index contributed by atoms with van der Waals surface area (Å²) in [5.74, 6) is 0.735. The minimum Gasteiger partial charge on any atom is -0.328 e. The second-order valence-corrected chi connectivity index (χ2v) is 6.11. The first-order valence-corrected chi connectivity index (χ1v) is 7.95. The minimum absolute atomic E-state index is 0.263. The summed E-state index contributed by atoms with van der Waals surface area (Å²) >= 11 is 0. The number of unbranched alkanes of at least 4 members (excludes halogenated alkanes) is 2. The molecule has 19 heavy (non-hydrogen) atoms. The largest absolute Gasteiger partial charge is 0.328 e. The van der Waals surface area contributed by atoms with Crippen molar-refractivity contribution in [2.45, 2.75) is 65.0 Å². The fraction of sp³-hybridized carbons (Fsp3) is 1.00. The molecule has 3 unspecified atom stereocenters. The maximum atomic E-state index is 5.76. The normalized spacial score (nSPS) is 16.3. The molecular formula is C15H36N4. The summed E-state index contributed by atoms with van der Waals surface area (Å²) in [5, 5.41) is 6.90. The van der Waals surface area contributed by atoms with Crippen LogP contribution in [0.4, 0.5) is 0 Å². The van der Waals surface area contributed by atoms with E-state index >= 15 is 0 Å². The Labute approximate surface area is 120 Å². The highest BCUT2D eigenvalue weighted by atomic mass is 14.9. The quantitative estimate of drug-likeness (QED) is 0.383. The molecule has 0 aliphatic carbocycles. The van der Waals surface area contributed by atoms with Gasteiger partial charge in [-0.25, -0.2) is 0 Å². The van der Waals surface area contributed by atoms with Crippen molar-refractivity contribution in [1.29, 1.82) is 0 Å². The molecule has 0 saturated carbocycles. The third-order valence-electron chi connectivity index (χ3n) is 3.28. The zero-order valence-corrected chi connectivity index (χ0v) is 13.3. The molecule has 0 bridgehead atoms. The van der Waals surface area contributed by atoms with Gasteiger partial charge in [-0.15, -0.1) is 0 Å². The average Bonchev–Trinajstić information content (AvgIpc) is 2.34. The summed E-state index contributed by atoms with van der Waals surface area (Å²) in [4.78, 5) is 0. The van der Waals surface area contributed by atoms with E-state index < -0.39 is 0 Å². The Hall–Kier alpha value is -0.160. The number of hydrogen-bond donors (Lipinski definition) is 4. The summed E-state index contributed by atoms with van der Waals surface area (Å²) < 4.78 is 0. The highest BCUT2D eigenvalue weighted by Gasteiger charge is 2.03. The molecule has 0 fully saturated rings. The van der Waals surface area contributed by atoms with Gasteiger partial charge in [-0.2, -0.15) is 0 Å². The summed E-state index contributed by atoms with van der Waals surface area (Å²) in [7, 11) is 0. The summed E-state index contributed by atoms with van der Waals surface area (Å²) in [6, 6.07) is 0.602. The number of rotatable bonds is 13. The summed E-state index contributed by atoms with van der Waals surface area (Å²) in [5.41, 5.74) is 11.4. The lowest BCUT2D eigenvalue weighted by Crippen LogP contribution is -2.31. The van der Waals surface area contributed by atoms with Crippen LogP contribution >= 0.6 is 0 Å². The van der Waals surface area contributed by atoms with Gasteiger partial charge in [0.2, 0.25) is 0 Å². The first-order valence-electron chi connectivity index (χ1n) is 7.95. The molecule has 4 heteroatoms. The standard InChI is InChI=1S/C15H36N4/c1-13(7-8-14(2)16)11-18-9-5-4-6-10-19-12-15(3)17/h13-15,18-19H,4-12,16-17H2,1-3H3. The molecule has 0 aromatic heterocycles. The zero-order valence-electron chi connectivity index (χ0n) is 13.3. The molecule has 0 saturated heterocycles. The third-order valence-corrected chi connectivity index (χ3v) is 3.28. The van der Waals surface area contributed by atoms with Crippen LogP contribution in [0, 0.1) is 5.92 Å². The van der Waals surface area contributed by atoms with Gasteiger partial charge in [0.25, 0.3) is 0 Å². The molecule has 0 aromatic rings. The lowest BCUT2D eigenvalue weighted by Gasteiger charge is -2.14. The van der Waals surface area contributed by atoms with Crippen LogP contribution in [0.5, 0.6) is 0 Å². The molecule has 3 atom stereocenters. The van der Waals surface area contributed by atoms with Crippen molar-refractivity contribution < 1.29 is 0 Å². The number of nitrogens with two attached hydrogens (primary N) is 2. The highest BCUT2D eigenvalue weighted by molar-refractivity contribution is 4.62. The van der Waals surface area contributed by atoms with Crippen LogP contribution in [0.1, 0.15) is 52.9 Å². The van der Waals surface area contributed by atoms with Gasteiger partial charge in [0.15, 0.2) is 0 Å². The Kier molecular flexibility index (Phi) is 12.7. The predicted molar refractivity (Wildman–Crippen MR) is 85.3 cm³/mol. The van der Waals surface area contributed by atoms with Gasteiger partial charge in [-0.3, -0.25) is 0 Å². The molecule has 116 valence electrons. The van der Waals surface area contributed by atoms with Gasteiger partial charge in [0.1, 0.15) is 0 Å². The maximum absolute atomic E-state index is 5.76. The van der Waals surface area contributed by atoms with E-state index in [-0.39, 0.29) is 6.04 Å². The fourth-order valence-electron chi connectivity index (χ4n) is 2.00. The number of nitrogens with one attached hydrogen (secondary N) is 2. The topological polar surface area (TPSA) is 76.1 Å². The fourth-order valence-corrected chi connectivity index (χ4v) is 2.00. The van der Waals surface area contributed by atoms with E-state index in [1.165, 1.54) is 25.7 Å². The van der Waals surface area contributed by atoms with Crippen molar-refractivity contribution in [3.8, 4) is 0 Å². The SMILES string of the molecule is CC(N)CCC(C)CNCCCCCNCC(C)N. The van der Waals surface area contributed by atoms with Gasteiger partial charge < -0.3 is 22.1 Å². The van der Waals surface area contributed by atoms with E-state index in [1.807, 2.05) is 6.92 Å². The molecule has 0 aromatic carbocycles. The number of hydrogen-bond acceptors (Lipinski definition) is 4. The van der Waals surface area contributed by atoms with Gasteiger partial charge in [-0.05, 0) is 65.1 Å². The molecule has 6 N–H and O–H groups in total. The molecule has 0 heterocycles. The maximum Gasteiger partial charge on any atom is 0.0136 e. The first kappa shape index (κ1) is 18.8. The van der Waals surface area contributed by atoms with Crippen molar-refractivity contribution in [2.75, 3.05) is 26.2 Å². The van der Waals surface area contributed by atoms with E-state index in [2.05, 4.69) is 24.5 Å². The molecule has 0 amide bonds. The van der Waals surface area contributed by atoms with Gasteiger partial charge >= 0.3 is 0 Å². The minimum atomic E-state index is 0.263. The summed E-state index contributed by atoms with van der Waals surface area (Å²) in [6.07, 6.45) is 6.15. The van der Waals surface area contributed by atoms with Crippen molar-refractivity contribution in [1.82, 2.24) is 10.6 Å². The van der Waals surface area contributed by atoms with Crippen molar-refractivity contribution in [2.24, 2.45) is 17.4 Å². The lowest BCUT2D eigenvalue weighted by molar-refractivity contribution is 0.442. The van der Waals surface area contributed by atoms with Crippen LogP contribution in [0.3, 0.4) is 0 Å². The van der Waals surface area contributed by atoms with Gasteiger partial charge in [0.05, 0.1) is 0 Å². The van der Waals surface area contributed by atoms with Crippen molar-refractivity contribution in [3.05, 3.63) is 0 Å². The molecule has 0 aliphatic rings. The van der Waals surface area contributed by atoms with Crippen LogP contribution in [-0.2, 0) is 0 Å². The average molecular weight is 272 g/mol. The highest BCUT2D eigenvalue weighted by Crippen LogP contribution is 2.05. The Morgan fingerprint density at radius 2 is 1.32 bits per heavy atom. The molecule has 0 spiro atoms. The molecular weight excluding hydrogens is 236 g/mol. The van der Waals surface area contributed by atoms with E-state index in [9.17, 15) is 0 Å². The molecule has 0 rings (SSSR count). The van der Waals surface area contributed by atoms with Gasteiger partial charge in [0, 0.05) is 18.6 Å². The van der Waals surface area contributed by atoms with Crippen molar-refractivity contribution in [3.63, 3.8) is 0 Å². The summed E-state index contributed by atoms with van der Waals surface area (Å²) in [6.45, 7) is 10.7. The van der Waals surface area contributed by atoms with Crippen LogP contribution in [-0.4, -0.2) is 38.3 Å². The Balaban J connectivity index is 3.13. The Morgan fingerprint density at radius 3 is 1.84 bits per heavy atom. The van der Waals surface area contributed by atoms with Gasteiger partial charge in [-0.1, -0.05) is 13.3 Å². The third kappa shape index (κ3) is 15.8. The van der Waals surface area contributed by atoms with Crippen LogP contribution in [0.25, 0.3) is 0 Å². The van der Waals surface area contributed by atoms with Crippen LogP contribution in [0.15, 0.2) is 0 Å². The zero-order chi connectivity index (χ0) is 14.5. The first-order chi connectivity index (χ1) is 9.02. The smallest absolute Gasteiger partial charge is 0.0136 e. The van der Waals surface area contributed by atoms with Crippen LogP contribution in [0.2, 0.25) is 0 Å². The molecule has 0 aliphatic heterocycles. The lowest BCUT2D eigenvalue weighted by atomic mass is 10.0. The van der Waals surface area contributed by atoms with E-state index in [4.69, 9.17) is 11.5 Å². The monoisotopic (exact) mass is 272 g/mol. The Morgan fingerprint density at radius 1 is 0.737 bits per heavy atom. The van der Waals surface area contributed by atoms with E-state index in [1.54, 1.807) is 0 Å². The van der Waals surface area contributed by atoms with Crippen LogP contribution < -0.4 is 22.1 Å². The molecule has 0 radical (unpaired) electrons. The second-order valence-electron chi connectivity index (χ2n) is 6.11. The van der Waals surface area contributed by atoms with Crippen molar-refractivity contribution >= 4 is 0 Å². The predicted octanol–water partition coefficient (Wildman–Crippen LogP) is 1.45. The molecule has 4 nitrogen and oxygen atoms in total. The Bertz CT molecular complexity index is 183. The van der Waals surface area contributed by atoms with E-state index in [0.29, 0.717) is 6.04 Å².